The molecule has 0 amide bonds. The summed E-state index contributed by atoms with van der Waals surface area (Å²) in [4.78, 5) is 0. The van der Waals surface area contributed by atoms with Crippen LogP contribution in [0.3, 0.4) is 0 Å². The van der Waals surface area contributed by atoms with Crippen LogP contribution in [0.15, 0.2) is 22.7 Å². The van der Waals surface area contributed by atoms with Crippen LogP contribution < -0.4 is 4.74 Å². The smallest absolute Gasteiger partial charge is 0.422 e. The van der Waals surface area contributed by atoms with Gasteiger partial charge in [0.15, 0.2) is 6.61 Å². The van der Waals surface area contributed by atoms with E-state index in [0.717, 1.165) is 0 Å². The molecule has 0 spiro atoms. The molecule has 0 radical (unpaired) electrons. The monoisotopic (exact) mass is 302 g/mol. The lowest BCUT2D eigenvalue weighted by Crippen LogP contribution is -2.19. The molecular weight excluding hydrogens is 296 g/mol. The lowest BCUT2D eigenvalue weighted by molar-refractivity contribution is -0.153. The zero-order valence-corrected chi connectivity index (χ0v) is 9.79. The number of rotatable bonds is 3. The highest BCUT2D eigenvalue weighted by molar-refractivity contribution is 9.10. The van der Waals surface area contributed by atoms with Gasteiger partial charge < -0.3 is 4.74 Å². The molecule has 1 aromatic rings. The van der Waals surface area contributed by atoms with Crippen LogP contribution >= 0.6 is 27.5 Å². The third kappa shape index (κ3) is 3.91. The number of hydrogen-bond acceptors (Lipinski definition) is 1. The van der Waals surface area contributed by atoms with Gasteiger partial charge >= 0.3 is 6.18 Å². The Bertz CT molecular complexity index is 341. The van der Waals surface area contributed by atoms with Gasteiger partial charge in [-0.1, -0.05) is 12.1 Å². The van der Waals surface area contributed by atoms with Crippen molar-refractivity contribution in [2.45, 2.75) is 12.1 Å². The van der Waals surface area contributed by atoms with Gasteiger partial charge in [0, 0.05) is 5.56 Å². The molecule has 6 heteroatoms. The minimum atomic E-state index is -4.35. The van der Waals surface area contributed by atoms with Crippen LogP contribution in [0.1, 0.15) is 5.56 Å². The summed E-state index contributed by atoms with van der Waals surface area (Å²) in [6.45, 7) is -1.32. The van der Waals surface area contributed by atoms with E-state index in [4.69, 9.17) is 11.6 Å². The van der Waals surface area contributed by atoms with Crippen molar-refractivity contribution in [2.75, 3.05) is 6.61 Å². The molecule has 0 aromatic heterocycles. The van der Waals surface area contributed by atoms with E-state index < -0.39 is 12.8 Å². The average Bonchev–Trinajstić information content (AvgIpc) is 2.14. The fourth-order valence-corrected chi connectivity index (χ4v) is 1.71. The Labute approximate surface area is 98.3 Å². The number of ether oxygens (including phenoxy) is 1. The van der Waals surface area contributed by atoms with Crippen LogP contribution in [0, 0.1) is 0 Å². The summed E-state index contributed by atoms with van der Waals surface area (Å²) >= 11 is 8.68. The second kappa shape index (κ2) is 5.07. The van der Waals surface area contributed by atoms with Gasteiger partial charge in [-0.3, -0.25) is 0 Å². The normalized spacial score (nSPS) is 11.5. The summed E-state index contributed by atoms with van der Waals surface area (Å²) in [6, 6.07) is 4.90. The van der Waals surface area contributed by atoms with Crippen LogP contribution in [0.25, 0.3) is 0 Å². The van der Waals surface area contributed by atoms with E-state index in [1.807, 2.05) is 0 Å². The highest BCUT2D eigenvalue weighted by Crippen LogP contribution is 2.31. The molecule has 84 valence electrons. The second-order valence-corrected chi connectivity index (χ2v) is 3.89. The molecule has 0 N–H and O–H groups in total. The summed E-state index contributed by atoms with van der Waals surface area (Å²) in [5.74, 6) is 0.247. The molecule has 1 nitrogen and oxygen atoms in total. The van der Waals surface area contributed by atoms with E-state index in [0.29, 0.717) is 10.0 Å². The molecule has 0 bridgehead atoms. The van der Waals surface area contributed by atoms with Gasteiger partial charge in [0.25, 0.3) is 0 Å². The Morgan fingerprint density at radius 3 is 2.53 bits per heavy atom. The molecule has 1 aromatic carbocycles. The predicted molar refractivity (Wildman–Crippen MR) is 55.2 cm³/mol. The van der Waals surface area contributed by atoms with Gasteiger partial charge in [-0.15, -0.1) is 11.6 Å². The van der Waals surface area contributed by atoms with E-state index in [1.54, 1.807) is 18.2 Å². The molecule has 0 saturated carbocycles. The number of benzene rings is 1. The summed E-state index contributed by atoms with van der Waals surface area (Å²) in [5, 5.41) is 0. The summed E-state index contributed by atoms with van der Waals surface area (Å²) in [5.41, 5.74) is 0.523. The predicted octanol–water partition coefficient (Wildman–Crippen LogP) is 4.13. The fourth-order valence-electron chi connectivity index (χ4n) is 0.974. The Balaban J connectivity index is 2.83. The Morgan fingerprint density at radius 2 is 2.00 bits per heavy atom. The Hall–Kier alpha value is -0.420. The van der Waals surface area contributed by atoms with E-state index in [2.05, 4.69) is 20.7 Å². The van der Waals surface area contributed by atoms with Gasteiger partial charge in [-0.05, 0) is 22.0 Å². The zero-order chi connectivity index (χ0) is 11.5. The molecule has 0 saturated heterocycles. The molecule has 0 fully saturated rings. The Morgan fingerprint density at radius 1 is 1.33 bits per heavy atom. The first kappa shape index (κ1) is 12.6. The fraction of sp³-hybridized carbons (Fsp3) is 0.333. The SMILES string of the molecule is FC(F)(F)COc1c(Br)cccc1CCl. The summed E-state index contributed by atoms with van der Waals surface area (Å²) in [6.07, 6.45) is -4.35. The largest absolute Gasteiger partial charge is 0.483 e. The first-order valence-electron chi connectivity index (χ1n) is 3.97. The van der Waals surface area contributed by atoms with Crippen molar-refractivity contribution in [3.8, 4) is 5.75 Å². The number of halogens is 5. The van der Waals surface area contributed by atoms with Crippen LogP contribution in [0.5, 0.6) is 5.75 Å². The van der Waals surface area contributed by atoms with Crippen molar-refractivity contribution in [1.29, 1.82) is 0 Å². The quantitative estimate of drug-likeness (QED) is 0.763. The first-order chi connectivity index (χ1) is 6.94. The molecule has 0 aliphatic carbocycles. The molecule has 0 atom stereocenters. The lowest BCUT2D eigenvalue weighted by atomic mass is 10.2. The van der Waals surface area contributed by atoms with Crippen molar-refractivity contribution >= 4 is 27.5 Å². The van der Waals surface area contributed by atoms with Crippen LogP contribution in [-0.2, 0) is 5.88 Å². The number of alkyl halides is 4. The minimum absolute atomic E-state index is 0.104. The summed E-state index contributed by atoms with van der Waals surface area (Å²) < 4.78 is 40.9. The average molecular weight is 304 g/mol. The second-order valence-electron chi connectivity index (χ2n) is 2.77. The molecule has 0 aliphatic rings. The van der Waals surface area contributed by atoms with Crippen LogP contribution in [0.4, 0.5) is 13.2 Å². The highest BCUT2D eigenvalue weighted by atomic mass is 79.9. The molecule has 15 heavy (non-hydrogen) atoms. The van der Waals surface area contributed by atoms with E-state index >= 15 is 0 Å². The minimum Gasteiger partial charge on any atom is -0.483 e. The lowest BCUT2D eigenvalue weighted by Gasteiger charge is -2.13. The Kier molecular flexibility index (Phi) is 4.28. The van der Waals surface area contributed by atoms with Crippen molar-refractivity contribution in [3.63, 3.8) is 0 Å². The third-order valence-electron chi connectivity index (χ3n) is 1.57. The summed E-state index contributed by atoms with van der Waals surface area (Å²) in [7, 11) is 0. The molecule has 0 unspecified atom stereocenters. The maximum atomic E-state index is 11.9. The first-order valence-corrected chi connectivity index (χ1v) is 5.29. The van der Waals surface area contributed by atoms with Crippen molar-refractivity contribution in [3.05, 3.63) is 28.2 Å². The molecule has 0 aliphatic heterocycles. The highest BCUT2D eigenvalue weighted by Gasteiger charge is 2.29. The maximum Gasteiger partial charge on any atom is 0.422 e. The van der Waals surface area contributed by atoms with Gasteiger partial charge in [-0.25, -0.2) is 0 Å². The third-order valence-corrected chi connectivity index (χ3v) is 2.49. The number of para-hydroxylation sites is 1. The van der Waals surface area contributed by atoms with E-state index in [9.17, 15) is 13.2 Å². The van der Waals surface area contributed by atoms with Gasteiger partial charge in [0.05, 0.1) is 10.4 Å². The zero-order valence-electron chi connectivity index (χ0n) is 7.44. The van der Waals surface area contributed by atoms with E-state index in [1.165, 1.54) is 0 Å². The standard InChI is InChI=1S/C9H7BrClF3O/c10-7-3-1-2-6(4-11)8(7)15-5-9(12,13)14/h1-3H,4-5H2. The number of hydrogen-bond donors (Lipinski definition) is 0. The van der Waals surface area contributed by atoms with Crippen molar-refractivity contribution in [1.82, 2.24) is 0 Å². The van der Waals surface area contributed by atoms with Crippen LogP contribution in [0.2, 0.25) is 0 Å². The maximum absolute atomic E-state index is 11.9. The van der Waals surface area contributed by atoms with Gasteiger partial charge in [0.1, 0.15) is 5.75 Å². The molecule has 0 heterocycles. The molecule has 1 rings (SSSR count). The van der Waals surface area contributed by atoms with Gasteiger partial charge in [0.2, 0.25) is 0 Å². The van der Waals surface area contributed by atoms with Gasteiger partial charge in [-0.2, -0.15) is 13.2 Å². The van der Waals surface area contributed by atoms with Crippen molar-refractivity contribution < 1.29 is 17.9 Å². The van der Waals surface area contributed by atoms with Crippen molar-refractivity contribution in [2.24, 2.45) is 0 Å². The van der Waals surface area contributed by atoms with E-state index in [-0.39, 0.29) is 11.6 Å². The topological polar surface area (TPSA) is 9.23 Å². The van der Waals surface area contributed by atoms with Crippen LogP contribution in [-0.4, -0.2) is 12.8 Å². The molecular formula is C9H7BrClF3O.